The minimum Gasteiger partial charge on any atom is -0.384 e. The molecule has 8 heavy (non-hydrogen) atoms. The van der Waals surface area contributed by atoms with Gasteiger partial charge in [0.2, 0.25) is 0 Å². The lowest BCUT2D eigenvalue weighted by Gasteiger charge is -2.02. The fourth-order valence-corrected chi connectivity index (χ4v) is 3.50. The van der Waals surface area contributed by atoms with E-state index in [1.807, 2.05) is 21.6 Å². The second kappa shape index (κ2) is 3.64. The smallest absolute Gasteiger partial charge is 0.0589 e. The van der Waals surface area contributed by atoms with Crippen LogP contribution in [0.3, 0.4) is 0 Å². The van der Waals surface area contributed by atoms with E-state index in [9.17, 15) is 0 Å². The van der Waals surface area contributed by atoms with E-state index in [2.05, 4.69) is 0 Å². The Kier molecular flexibility index (Phi) is 3.08. The molecule has 0 aromatic heterocycles. The highest BCUT2D eigenvalue weighted by atomic mass is 33.1. The number of ether oxygens (including phenoxy) is 1. The summed E-state index contributed by atoms with van der Waals surface area (Å²) in [5.74, 6) is 1.30. The molecule has 0 spiro atoms. The van der Waals surface area contributed by atoms with Gasteiger partial charge in [-0.3, -0.25) is 0 Å². The van der Waals surface area contributed by atoms with Gasteiger partial charge in [-0.15, -0.1) is 0 Å². The van der Waals surface area contributed by atoms with Crippen LogP contribution >= 0.6 is 21.6 Å². The normalized spacial score (nSPS) is 28.9. The van der Waals surface area contributed by atoms with Crippen molar-refractivity contribution in [3.8, 4) is 0 Å². The zero-order valence-corrected chi connectivity index (χ0v) is 6.56. The van der Waals surface area contributed by atoms with Gasteiger partial charge in [0.1, 0.15) is 0 Å². The van der Waals surface area contributed by atoms with Gasteiger partial charge in [0, 0.05) is 18.1 Å². The van der Waals surface area contributed by atoms with Crippen molar-refractivity contribution in [3.05, 3.63) is 0 Å². The summed E-state index contributed by atoms with van der Waals surface area (Å²) < 4.78 is 4.99. The molecule has 0 amide bonds. The van der Waals surface area contributed by atoms with Gasteiger partial charge in [0.25, 0.3) is 0 Å². The standard InChI is InChI=1S/C5H10OS2/c1-6-4-5-2-3-7-8-5/h5H,2-4H2,1H3/t5-/m0/s1. The Morgan fingerprint density at radius 2 is 2.62 bits per heavy atom. The Morgan fingerprint density at radius 3 is 3.12 bits per heavy atom. The van der Waals surface area contributed by atoms with Crippen LogP contribution in [0.15, 0.2) is 0 Å². The highest BCUT2D eigenvalue weighted by Gasteiger charge is 2.15. The number of rotatable bonds is 2. The Hall–Kier alpha value is 0.660. The van der Waals surface area contributed by atoms with Crippen LogP contribution in [0, 0.1) is 0 Å². The van der Waals surface area contributed by atoms with E-state index in [0.29, 0.717) is 0 Å². The van der Waals surface area contributed by atoms with Crippen molar-refractivity contribution in [2.45, 2.75) is 11.7 Å². The second-order valence-corrected chi connectivity index (χ2v) is 4.57. The van der Waals surface area contributed by atoms with Crippen LogP contribution in [-0.2, 0) is 4.74 Å². The minimum absolute atomic E-state index is 0.769. The third-order valence-electron chi connectivity index (χ3n) is 1.08. The molecule has 1 fully saturated rings. The van der Waals surface area contributed by atoms with Crippen LogP contribution in [0.4, 0.5) is 0 Å². The summed E-state index contributed by atoms with van der Waals surface area (Å²) in [5, 5.41) is 0.769. The Balaban J connectivity index is 2.06. The first-order valence-corrected chi connectivity index (χ1v) is 5.09. The Bertz CT molecular complexity index is 61.4. The van der Waals surface area contributed by atoms with Gasteiger partial charge in [-0.2, -0.15) is 0 Å². The molecule has 0 unspecified atom stereocenters. The summed E-state index contributed by atoms with van der Waals surface area (Å²) in [7, 11) is 5.68. The lowest BCUT2D eigenvalue weighted by molar-refractivity contribution is 0.199. The van der Waals surface area contributed by atoms with E-state index >= 15 is 0 Å². The maximum Gasteiger partial charge on any atom is 0.0589 e. The van der Waals surface area contributed by atoms with Crippen LogP contribution < -0.4 is 0 Å². The molecule has 0 N–H and O–H groups in total. The quantitative estimate of drug-likeness (QED) is 0.555. The molecule has 0 aromatic carbocycles. The third kappa shape index (κ3) is 1.88. The fraction of sp³-hybridized carbons (Fsp3) is 1.00. The van der Waals surface area contributed by atoms with Gasteiger partial charge >= 0.3 is 0 Å². The van der Waals surface area contributed by atoms with Gasteiger partial charge in [-0.25, -0.2) is 0 Å². The Labute approximate surface area is 58.0 Å². The minimum atomic E-state index is 0.769. The van der Waals surface area contributed by atoms with Gasteiger partial charge in [-0.05, 0) is 6.42 Å². The average Bonchev–Trinajstić information content (AvgIpc) is 2.19. The van der Waals surface area contributed by atoms with Crippen molar-refractivity contribution in [3.63, 3.8) is 0 Å². The molecule has 0 radical (unpaired) electrons. The van der Waals surface area contributed by atoms with Crippen molar-refractivity contribution < 1.29 is 4.74 Å². The van der Waals surface area contributed by atoms with Crippen LogP contribution in [0.2, 0.25) is 0 Å². The zero-order chi connectivity index (χ0) is 5.82. The Morgan fingerprint density at radius 1 is 1.75 bits per heavy atom. The summed E-state index contributed by atoms with van der Waals surface area (Å²) in [5.41, 5.74) is 0. The van der Waals surface area contributed by atoms with Gasteiger partial charge in [0.15, 0.2) is 0 Å². The number of methoxy groups -OCH3 is 1. The maximum absolute atomic E-state index is 4.99. The first-order chi connectivity index (χ1) is 3.93. The van der Waals surface area contributed by atoms with Crippen molar-refractivity contribution in [2.24, 2.45) is 0 Å². The van der Waals surface area contributed by atoms with Crippen molar-refractivity contribution in [1.29, 1.82) is 0 Å². The third-order valence-corrected chi connectivity index (χ3v) is 3.99. The van der Waals surface area contributed by atoms with E-state index < -0.39 is 0 Å². The second-order valence-electron chi connectivity index (χ2n) is 1.78. The van der Waals surface area contributed by atoms with E-state index in [1.54, 1.807) is 7.11 Å². The molecule has 1 rings (SSSR count). The lowest BCUT2D eigenvalue weighted by atomic mass is 10.3. The fourth-order valence-electron chi connectivity index (χ4n) is 0.669. The van der Waals surface area contributed by atoms with E-state index in [4.69, 9.17) is 4.74 Å². The van der Waals surface area contributed by atoms with Crippen LogP contribution in [-0.4, -0.2) is 24.7 Å². The van der Waals surface area contributed by atoms with Gasteiger partial charge < -0.3 is 4.74 Å². The predicted octanol–water partition coefficient (Wildman–Crippen LogP) is 1.79. The highest BCUT2D eigenvalue weighted by molar-refractivity contribution is 8.77. The summed E-state index contributed by atoms with van der Waals surface area (Å²) in [6.45, 7) is 0.928. The molecule has 3 heteroatoms. The first kappa shape index (κ1) is 6.78. The molecular weight excluding hydrogens is 140 g/mol. The first-order valence-electron chi connectivity index (χ1n) is 2.70. The summed E-state index contributed by atoms with van der Waals surface area (Å²) >= 11 is 0. The number of hydrogen-bond donors (Lipinski definition) is 0. The predicted molar refractivity (Wildman–Crippen MR) is 40.3 cm³/mol. The topological polar surface area (TPSA) is 9.23 Å². The molecule has 1 nitrogen and oxygen atoms in total. The molecule has 1 atom stereocenters. The van der Waals surface area contributed by atoms with Crippen molar-refractivity contribution >= 4 is 21.6 Å². The molecule has 0 bridgehead atoms. The largest absolute Gasteiger partial charge is 0.384 e. The molecule has 1 heterocycles. The van der Waals surface area contributed by atoms with E-state index in [-0.39, 0.29) is 0 Å². The number of hydrogen-bond acceptors (Lipinski definition) is 3. The lowest BCUT2D eigenvalue weighted by Crippen LogP contribution is -2.05. The molecule has 1 aliphatic heterocycles. The van der Waals surface area contributed by atoms with Crippen LogP contribution in [0.5, 0.6) is 0 Å². The monoisotopic (exact) mass is 150 g/mol. The maximum atomic E-state index is 4.99. The summed E-state index contributed by atoms with van der Waals surface area (Å²) in [6.07, 6.45) is 1.32. The van der Waals surface area contributed by atoms with Gasteiger partial charge in [-0.1, -0.05) is 21.6 Å². The zero-order valence-electron chi connectivity index (χ0n) is 4.92. The molecule has 1 aliphatic rings. The van der Waals surface area contributed by atoms with Crippen LogP contribution in [0.1, 0.15) is 6.42 Å². The van der Waals surface area contributed by atoms with Gasteiger partial charge in [0.05, 0.1) is 6.61 Å². The summed E-state index contributed by atoms with van der Waals surface area (Å²) in [4.78, 5) is 0. The summed E-state index contributed by atoms with van der Waals surface area (Å²) in [6, 6.07) is 0. The molecule has 0 saturated carbocycles. The molecular formula is C5H10OS2. The molecule has 0 aromatic rings. The average molecular weight is 150 g/mol. The molecule has 1 saturated heterocycles. The SMILES string of the molecule is COC[C@@H]1CCSS1. The van der Waals surface area contributed by atoms with Crippen LogP contribution in [0.25, 0.3) is 0 Å². The highest BCUT2D eigenvalue weighted by Crippen LogP contribution is 2.37. The molecule has 0 aliphatic carbocycles. The van der Waals surface area contributed by atoms with E-state index in [1.165, 1.54) is 12.2 Å². The molecule has 48 valence electrons. The van der Waals surface area contributed by atoms with Crippen molar-refractivity contribution in [2.75, 3.05) is 19.5 Å². The van der Waals surface area contributed by atoms with E-state index in [0.717, 1.165) is 11.9 Å². The van der Waals surface area contributed by atoms with Crippen molar-refractivity contribution in [1.82, 2.24) is 0 Å².